The Morgan fingerprint density at radius 1 is 1.47 bits per heavy atom. The van der Waals surface area contributed by atoms with E-state index in [-0.39, 0.29) is 5.91 Å². The SMILES string of the molecule is CCn1nc(C)cc1C(=O)NC1CCCCC1. The largest absolute Gasteiger partial charge is 0.348 e. The molecular weight excluding hydrogens is 214 g/mol. The summed E-state index contributed by atoms with van der Waals surface area (Å²) in [5.74, 6) is 0.0272. The molecular formula is C13H21N3O. The first-order valence-corrected chi connectivity index (χ1v) is 6.56. The van der Waals surface area contributed by atoms with E-state index in [9.17, 15) is 4.79 Å². The van der Waals surface area contributed by atoms with Crippen LogP contribution in [0.5, 0.6) is 0 Å². The maximum atomic E-state index is 12.1. The van der Waals surface area contributed by atoms with Crippen LogP contribution in [0, 0.1) is 6.92 Å². The zero-order chi connectivity index (χ0) is 12.3. The van der Waals surface area contributed by atoms with Gasteiger partial charge in [0.1, 0.15) is 5.69 Å². The van der Waals surface area contributed by atoms with Gasteiger partial charge in [0, 0.05) is 12.6 Å². The lowest BCUT2D eigenvalue weighted by molar-refractivity contribution is 0.0917. The van der Waals surface area contributed by atoms with Crippen molar-refractivity contribution in [1.29, 1.82) is 0 Å². The smallest absolute Gasteiger partial charge is 0.269 e. The Morgan fingerprint density at radius 2 is 2.18 bits per heavy atom. The van der Waals surface area contributed by atoms with Crippen molar-refractivity contribution < 1.29 is 4.79 Å². The van der Waals surface area contributed by atoms with Crippen LogP contribution in [-0.2, 0) is 6.54 Å². The minimum absolute atomic E-state index is 0.0272. The molecule has 0 radical (unpaired) electrons. The van der Waals surface area contributed by atoms with Gasteiger partial charge in [-0.25, -0.2) is 0 Å². The van der Waals surface area contributed by atoms with E-state index in [0.29, 0.717) is 11.7 Å². The van der Waals surface area contributed by atoms with Crippen LogP contribution in [0.3, 0.4) is 0 Å². The Balaban J connectivity index is 2.02. The number of aryl methyl sites for hydroxylation is 2. The van der Waals surface area contributed by atoms with E-state index in [1.807, 2.05) is 19.9 Å². The third-order valence-corrected chi connectivity index (χ3v) is 3.37. The van der Waals surface area contributed by atoms with Crippen molar-refractivity contribution in [3.63, 3.8) is 0 Å². The number of hydrogen-bond acceptors (Lipinski definition) is 2. The van der Waals surface area contributed by atoms with Crippen LogP contribution in [0.4, 0.5) is 0 Å². The molecule has 0 aliphatic heterocycles. The Hall–Kier alpha value is -1.32. The van der Waals surface area contributed by atoms with Gasteiger partial charge in [-0.2, -0.15) is 5.10 Å². The quantitative estimate of drug-likeness (QED) is 0.873. The Kier molecular flexibility index (Phi) is 3.82. The van der Waals surface area contributed by atoms with Gasteiger partial charge in [-0.3, -0.25) is 9.48 Å². The minimum atomic E-state index is 0.0272. The van der Waals surface area contributed by atoms with Crippen LogP contribution in [-0.4, -0.2) is 21.7 Å². The van der Waals surface area contributed by atoms with Crippen LogP contribution in [0.1, 0.15) is 55.2 Å². The van der Waals surface area contributed by atoms with Gasteiger partial charge >= 0.3 is 0 Å². The standard InChI is InChI=1S/C13H21N3O/c1-3-16-12(9-10(2)15-16)13(17)14-11-7-5-4-6-8-11/h9,11H,3-8H2,1-2H3,(H,14,17). The summed E-state index contributed by atoms with van der Waals surface area (Å²) >= 11 is 0. The second kappa shape index (κ2) is 5.34. The number of hydrogen-bond donors (Lipinski definition) is 1. The van der Waals surface area contributed by atoms with Gasteiger partial charge < -0.3 is 5.32 Å². The summed E-state index contributed by atoms with van der Waals surface area (Å²) in [6.07, 6.45) is 6.00. The number of carbonyl (C=O) groups is 1. The summed E-state index contributed by atoms with van der Waals surface area (Å²) in [5, 5.41) is 7.42. The minimum Gasteiger partial charge on any atom is -0.348 e. The van der Waals surface area contributed by atoms with E-state index in [1.165, 1.54) is 19.3 Å². The molecule has 2 rings (SSSR count). The van der Waals surface area contributed by atoms with Crippen molar-refractivity contribution in [2.75, 3.05) is 0 Å². The fraction of sp³-hybridized carbons (Fsp3) is 0.692. The molecule has 94 valence electrons. The van der Waals surface area contributed by atoms with Gasteiger partial charge in [0.2, 0.25) is 0 Å². The van der Waals surface area contributed by atoms with Crippen molar-refractivity contribution in [3.05, 3.63) is 17.5 Å². The Bertz CT molecular complexity index is 391. The highest BCUT2D eigenvalue weighted by Crippen LogP contribution is 2.18. The molecule has 1 fully saturated rings. The number of rotatable bonds is 3. The molecule has 0 saturated heterocycles. The zero-order valence-corrected chi connectivity index (χ0v) is 10.7. The van der Waals surface area contributed by atoms with Crippen LogP contribution in [0.25, 0.3) is 0 Å². The lowest BCUT2D eigenvalue weighted by atomic mass is 9.95. The Morgan fingerprint density at radius 3 is 2.82 bits per heavy atom. The number of carbonyl (C=O) groups excluding carboxylic acids is 1. The summed E-state index contributed by atoms with van der Waals surface area (Å²) in [6, 6.07) is 2.22. The lowest BCUT2D eigenvalue weighted by Gasteiger charge is -2.22. The predicted molar refractivity (Wildman–Crippen MR) is 67.0 cm³/mol. The maximum absolute atomic E-state index is 12.1. The molecule has 1 amide bonds. The molecule has 0 unspecified atom stereocenters. The monoisotopic (exact) mass is 235 g/mol. The molecule has 0 atom stereocenters. The molecule has 1 saturated carbocycles. The van der Waals surface area contributed by atoms with Crippen molar-refractivity contribution in [3.8, 4) is 0 Å². The summed E-state index contributed by atoms with van der Waals surface area (Å²) in [5.41, 5.74) is 1.59. The van der Waals surface area contributed by atoms with Crippen molar-refractivity contribution in [2.45, 2.75) is 58.5 Å². The fourth-order valence-corrected chi connectivity index (χ4v) is 2.48. The van der Waals surface area contributed by atoms with E-state index >= 15 is 0 Å². The molecule has 0 bridgehead atoms. The van der Waals surface area contributed by atoms with Crippen LogP contribution in [0.2, 0.25) is 0 Å². The average Bonchev–Trinajstić information content (AvgIpc) is 2.72. The highest BCUT2D eigenvalue weighted by molar-refractivity contribution is 5.92. The Labute approximate surface area is 102 Å². The summed E-state index contributed by atoms with van der Waals surface area (Å²) < 4.78 is 1.77. The van der Waals surface area contributed by atoms with Crippen molar-refractivity contribution in [2.24, 2.45) is 0 Å². The molecule has 1 aliphatic carbocycles. The molecule has 1 N–H and O–H groups in total. The molecule has 1 aromatic rings. The van der Waals surface area contributed by atoms with Crippen LogP contribution >= 0.6 is 0 Å². The molecule has 1 aliphatic rings. The predicted octanol–water partition coefficient (Wildman–Crippen LogP) is 2.27. The van der Waals surface area contributed by atoms with E-state index in [2.05, 4.69) is 10.4 Å². The number of amides is 1. The van der Waals surface area contributed by atoms with Crippen LogP contribution in [0.15, 0.2) is 6.07 Å². The second-order valence-corrected chi connectivity index (χ2v) is 4.80. The molecule has 0 aromatic carbocycles. The summed E-state index contributed by atoms with van der Waals surface area (Å²) in [6.45, 7) is 4.66. The molecule has 4 heteroatoms. The molecule has 1 aromatic heterocycles. The average molecular weight is 235 g/mol. The van der Waals surface area contributed by atoms with Gasteiger partial charge in [-0.05, 0) is 32.8 Å². The van der Waals surface area contributed by atoms with Gasteiger partial charge in [0.25, 0.3) is 5.91 Å². The third kappa shape index (κ3) is 2.87. The fourth-order valence-electron chi connectivity index (χ4n) is 2.48. The number of aromatic nitrogens is 2. The van der Waals surface area contributed by atoms with E-state index in [4.69, 9.17) is 0 Å². The maximum Gasteiger partial charge on any atom is 0.269 e. The first-order valence-electron chi connectivity index (χ1n) is 6.56. The first kappa shape index (κ1) is 12.1. The second-order valence-electron chi connectivity index (χ2n) is 4.80. The van der Waals surface area contributed by atoms with E-state index in [0.717, 1.165) is 25.1 Å². The topological polar surface area (TPSA) is 46.9 Å². The highest BCUT2D eigenvalue weighted by atomic mass is 16.2. The van der Waals surface area contributed by atoms with E-state index < -0.39 is 0 Å². The third-order valence-electron chi connectivity index (χ3n) is 3.37. The van der Waals surface area contributed by atoms with Gasteiger partial charge in [0.05, 0.1) is 5.69 Å². The summed E-state index contributed by atoms with van der Waals surface area (Å²) in [4.78, 5) is 12.1. The number of nitrogens with zero attached hydrogens (tertiary/aromatic N) is 2. The number of nitrogens with one attached hydrogen (secondary N) is 1. The zero-order valence-electron chi connectivity index (χ0n) is 10.7. The highest BCUT2D eigenvalue weighted by Gasteiger charge is 2.19. The van der Waals surface area contributed by atoms with Gasteiger partial charge in [0.15, 0.2) is 0 Å². The molecule has 17 heavy (non-hydrogen) atoms. The summed E-state index contributed by atoms with van der Waals surface area (Å²) in [7, 11) is 0. The molecule has 0 spiro atoms. The van der Waals surface area contributed by atoms with Crippen LogP contribution < -0.4 is 5.32 Å². The lowest BCUT2D eigenvalue weighted by Crippen LogP contribution is -2.37. The van der Waals surface area contributed by atoms with Gasteiger partial charge in [-0.15, -0.1) is 0 Å². The molecule has 4 nitrogen and oxygen atoms in total. The molecule has 1 heterocycles. The van der Waals surface area contributed by atoms with Gasteiger partial charge in [-0.1, -0.05) is 19.3 Å². The van der Waals surface area contributed by atoms with Crippen molar-refractivity contribution >= 4 is 5.91 Å². The normalized spacial score (nSPS) is 17.1. The van der Waals surface area contributed by atoms with Crippen molar-refractivity contribution in [1.82, 2.24) is 15.1 Å². The first-order chi connectivity index (χ1) is 8.20. The van der Waals surface area contributed by atoms with E-state index in [1.54, 1.807) is 4.68 Å².